The lowest BCUT2D eigenvalue weighted by Crippen LogP contribution is -1.97. The van der Waals surface area contributed by atoms with Crippen LogP contribution in [-0.4, -0.2) is 17.0 Å². The summed E-state index contributed by atoms with van der Waals surface area (Å²) in [6.07, 6.45) is 1.54. The van der Waals surface area contributed by atoms with E-state index >= 15 is 0 Å². The molecule has 0 amide bonds. The van der Waals surface area contributed by atoms with E-state index in [1.54, 1.807) is 7.05 Å². The molecule has 1 rings (SSSR count). The molecule has 1 heterocycles. The molecule has 0 radical (unpaired) electrons. The summed E-state index contributed by atoms with van der Waals surface area (Å²) in [4.78, 5) is 7.63. The Morgan fingerprint density at radius 2 is 2.45 bits per heavy atom. The van der Waals surface area contributed by atoms with E-state index in [0.717, 1.165) is 4.47 Å². The number of nitriles is 1. The minimum absolute atomic E-state index is 0.164. The van der Waals surface area contributed by atoms with Gasteiger partial charge in [-0.25, -0.2) is 9.97 Å². The van der Waals surface area contributed by atoms with Crippen molar-refractivity contribution >= 4 is 21.7 Å². The highest BCUT2D eigenvalue weighted by Crippen LogP contribution is 2.16. The maximum Gasteiger partial charge on any atom is 0.234 e. The van der Waals surface area contributed by atoms with Gasteiger partial charge in [0.1, 0.15) is 11.9 Å². The molecule has 1 aromatic heterocycles. The fourth-order valence-electron chi connectivity index (χ4n) is 0.596. The third kappa shape index (κ3) is 1.65. The van der Waals surface area contributed by atoms with Crippen LogP contribution in [0.3, 0.4) is 0 Å². The first kappa shape index (κ1) is 7.95. The maximum atomic E-state index is 8.43. The highest BCUT2D eigenvalue weighted by Gasteiger charge is 2.00. The van der Waals surface area contributed by atoms with E-state index in [2.05, 4.69) is 31.2 Å². The quantitative estimate of drug-likeness (QED) is 0.759. The minimum Gasteiger partial charge on any atom is -0.372 e. The van der Waals surface area contributed by atoms with E-state index in [1.165, 1.54) is 6.20 Å². The maximum absolute atomic E-state index is 8.43. The molecule has 0 unspecified atom stereocenters. The third-order valence-electron chi connectivity index (χ3n) is 1.08. The number of nitrogens with zero attached hydrogens (tertiary/aromatic N) is 3. The van der Waals surface area contributed by atoms with Gasteiger partial charge in [-0.1, -0.05) is 0 Å². The SMILES string of the molecule is CNc1nc(C#N)ncc1Br. The Kier molecular flexibility index (Phi) is 2.39. The van der Waals surface area contributed by atoms with Crippen LogP contribution in [0.4, 0.5) is 5.82 Å². The number of halogens is 1. The summed E-state index contributed by atoms with van der Waals surface area (Å²) < 4.78 is 0.749. The largest absolute Gasteiger partial charge is 0.372 e. The normalized spacial score (nSPS) is 8.82. The first-order valence-corrected chi connectivity index (χ1v) is 3.67. The number of anilines is 1. The molecule has 0 saturated carbocycles. The van der Waals surface area contributed by atoms with Crippen LogP contribution < -0.4 is 5.32 Å². The van der Waals surface area contributed by atoms with Gasteiger partial charge in [0.25, 0.3) is 0 Å². The monoisotopic (exact) mass is 212 g/mol. The van der Waals surface area contributed by atoms with E-state index in [-0.39, 0.29) is 5.82 Å². The van der Waals surface area contributed by atoms with Gasteiger partial charge in [-0.15, -0.1) is 0 Å². The van der Waals surface area contributed by atoms with Crippen LogP contribution in [0.2, 0.25) is 0 Å². The first-order chi connectivity index (χ1) is 5.27. The zero-order valence-electron chi connectivity index (χ0n) is 5.80. The van der Waals surface area contributed by atoms with Gasteiger partial charge in [-0.05, 0) is 15.9 Å². The summed E-state index contributed by atoms with van der Waals surface area (Å²) in [6, 6.07) is 1.85. The highest BCUT2D eigenvalue weighted by atomic mass is 79.9. The van der Waals surface area contributed by atoms with Gasteiger partial charge >= 0.3 is 0 Å². The standard InChI is InChI=1S/C6H5BrN4/c1-9-6-4(7)3-10-5(2-8)11-6/h3H,1H3,(H,9,10,11). The van der Waals surface area contributed by atoms with Crippen molar-refractivity contribution in [3.63, 3.8) is 0 Å². The van der Waals surface area contributed by atoms with Gasteiger partial charge in [0.05, 0.1) is 4.47 Å². The van der Waals surface area contributed by atoms with Gasteiger partial charge in [0.2, 0.25) is 5.82 Å². The molecule has 5 heteroatoms. The molecule has 0 aliphatic heterocycles. The van der Waals surface area contributed by atoms with E-state index in [0.29, 0.717) is 5.82 Å². The Morgan fingerprint density at radius 1 is 1.73 bits per heavy atom. The predicted octanol–water partition coefficient (Wildman–Crippen LogP) is 1.15. The van der Waals surface area contributed by atoms with Crippen LogP contribution in [0.1, 0.15) is 5.82 Å². The molecule has 11 heavy (non-hydrogen) atoms. The lowest BCUT2D eigenvalue weighted by molar-refractivity contribution is 1.10. The summed E-state index contributed by atoms with van der Waals surface area (Å²) in [6.45, 7) is 0. The summed E-state index contributed by atoms with van der Waals surface area (Å²) in [7, 11) is 1.73. The zero-order valence-corrected chi connectivity index (χ0v) is 7.38. The number of rotatable bonds is 1. The lowest BCUT2D eigenvalue weighted by atomic mass is 10.5. The molecule has 0 aliphatic carbocycles. The van der Waals surface area contributed by atoms with Crippen molar-refractivity contribution in [2.24, 2.45) is 0 Å². The molecular weight excluding hydrogens is 208 g/mol. The molecular formula is C6H5BrN4. The van der Waals surface area contributed by atoms with Gasteiger partial charge in [-0.2, -0.15) is 5.26 Å². The van der Waals surface area contributed by atoms with E-state index in [1.807, 2.05) is 6.07 Å². The van der Waals surface area contributed by atoms with Crippen molar-refractivity contribution in [1.29, 1.82) is 5.26 Å². The number of aromatic nitrogens is 2. The molecule has 0 aliphatic rings. The lowest BCUT2D eigenvalue weighted by Gasteiger charge is -1.99. The van der Waals surface area contributed by atoms with Gasteiger partial charge in [0.15, 0.2) is 0 Å². The highest BCUT2D eigenvalue weighted by molar-refractivity contribution is 9.10. The van der Waals surface area contributed by atoms with Crippen LogP contribution in [0.15, 0.2) is 10.7 Å². The fraction of sp³-hybridized carbons (Fsp3) is 0.167. The van der Waals surface area contributed by atoms with E-state index in [9.17, 15) is 0 Å². The summed E-state index contributed by atoms with van der Waals surface area (Å²) >= 11 is 3.22. The second-order valence-corrected chi connectivity index (χ2v) is 2.61. The topological polar surface area (TPSA) is 61.6 Å². The Hall–Kier alpha value is -1.15. The van der Waals surface area contributed by atoms with Crippen LogP contribution in [0, 0.1) is 11.3 Å². The molecule has 0 bridgehead atoms. The zero-order chi connectivity index (χ0) is 8.27. The molecule has 1 aromatic rings. The Labute approximate surface area is 72.4 Å². The summed E-state index contributed by atoms with van der Waals surface area (Å²) in [5.41, 5.74) is 0. The van der Waals surface area contributed by atoms with E-state index < -0.39 is 0 Å². The van der Waals surface area contributed by atoms with Crippen molar-refractivity contribution < 1.29 is 0 Å². The third-order valence-corrected chi connectivity index (χ3v) is 1.66. The Balaban J connectivity index is 3.15. The molecule has 0 fully saturated rings. The van der Waals surface area contributed by atoms with Gasteiger partial charge < -0.3 is 5.32 Å². The Morgan fingerprint density at radius 3 is 3.00 bits per heavy atom. The van der Waals surface area contributed by atoms with Gasteiger partial charge in [0, 0.05) is 13.2 Å². The number of hydrogen-bond acceptors (Lipinski definition) is 4. The van der Waals surface area contributed by atoms with Gasteiger partial charge in [-0.3, -0.25) is 0 Å². The second-order valence-electron chi connectivity index (χ2n) is 1.75. The molecule has 0 spiro atoms. The molecule has 4 nitrogen and oxygen atoms in total. The average molecular weight is 213 g/mol. The van der Waals surface area contributed by atoms with E-state index in [4.69, 9.17) is 5.26 Å². The number of nitrogens with one attached hydrogen (secondary N) is 1. The van der Waals surface area contributed by atoms with Crippen LogP contribution in [0.5, 0.6) is 0 Å². The second kappa shape index (κ2) is 3.30. The Bertz CT molecular complexity index is 304. The van der Waals surface area contributed by atoms with Crippen molar-refractivity contribution in [2.75, 3.05) is 12.4 Å². The number of hydrogen-bond donors (Lipinski definition) is 1. The van der Waals surface area contributed by atoms with Crippen LogP contribution >= 0.6 is 15.9 Å². The van der Waals surface area contributed by atoms with Crippen molar-refractivity contribution in [3.8, 4) is 6.07 Å². The smallest absolute Gasteiger partial charge is 0.234 e. The van der Waals surface area contributed by atoms with Crippen LogP contribution in [0.25, 0.3) is 0 Å². The molecule has 0 aromatic carbocycles. The first-order valence-electron chi connectivity index (χ1n) is 2.88. The molecule has 1 N–H and O–H groups in total. The predicted molar refractivity (Wildman–Crippen MR) is 44.0 cm³/mol. The summed E-state index contributed by atoms with van der Waals surface area (Å²) in [5.74, 6) is 0.786. The summed E-state index contributed by atoms with van der Waals surface area (Å²) in [5, 5.41) is 11.3. The molecule has 56 valence electrons. The van der Waals surface area contributed by atoms with Crippen molar-refractivity contribution in [3.05, 3.63) is 16.5 Å². The van der Waals surface area contributed by atoms with Crippen molar-refractivity contribution in [1.82, 2.24) is 9.97 Å². The van der Waals surface area contributed by atoms with Crippen LogP contribution in [-0.2, 0) is 0 Å². The average Bonchev–Trinajstić information content (AvgIpc) is 2.05. The molecule has 0 saturated heterocycles. The molecule has 0 atom stereocenters. The fourth-order valence-corrected chi connectivity index (χ4v) is 0.986. The van der Waals surface area contributed by atoms with Crippen molar-refractivity contribution in [2.45, 2.75) is 0 Å². The minimum atomic E-state index is 0.164.